The van der Waals surface area contributed by atoms with E-state index in [1.165, 1.54) is 5.92 Å². The average Bonchev–Trinajstić information content (AvgIpc) is 2.90. The van der Waals surface area contributed by atoms with Crippen molar-refractivity contribution in [2.45, 2.75) is 173 Å². The van der Waals surface area contributed by atoms with Crippen LogP contribution in [0, 0.1) is 44.3 Å². The minimum Gasteiger partial charge on any atom is -0.810 e. The summed E-state index contributed by atoms with van der Waals surface area (Å²) in [4.78, 5) is 0. The van der Waals surface area contributed by atoms with Crippen molar-refractivity contribution in [1.29, 1.82) is 5.26 Å². The molecule has 0 aromatic heterocycles. The molecule has 53 heavy (non-hydrogen) atoms. The zero-order valence-corrected chi connectivity index (χ0v) is 42.5. The summed E-state index contributed by atoms with van der Waals surface area (Å²) in [6.07, 6.45) is 0. The molecule has 0 bridgehead atoms. The van der Waals surface area contributed by atoms with Gasteiger partial charge in [-0.3, -0.25) is 0 Å². The van der Waals surface area contributed by atoms with Gasteiger partial charge >= 0.3 is 55.5 Å². The molecule has 0 N–H and O–H groups in total. The minimum absolute atomic E-state index is 0. The molecular formula is C40H87Li2N3O6Si2. The van der Waals surface area contributed by atoms with Crippen LogP contribution < -0.4 is 37.7 Å². The Kier molecular flexibility index (Phi) is 41.3. The number of hydrogen-bond acceptors (Lipinski definition) is 8. The Morgan fingerprint density at radius 2 is 0.755 bits per heavy atom. The molecule has 0 aromatic rings. The van der Waals surface area contributed by atoms with Crippen LogP contribution in [0.25, 0.3) is 5.41 Å². The summed E-state index contributed by atoms with van der Waals surface area (Å²) in [5.41, 5.74) is 1.21. The van der Waals surface area contributed by atoms with E-state index in [2.05, 4.69) is 68.4 Å². The predicted octanol–water partition coefficient (Wildman–Crippen LogP) is 6.00. The summed E-state index contributed by atoms with van der Waals surface area (Å²) in [6.45, 7) is 54.2. The molecule has 0 radical (unpaired) electrons. The fourth-order valence-corrected chi connectivity index (χ4v) is 8.71. The van der Waals surface area contributed by atoms with Crippen LogP contribution in [-0.4, -0.2) is 68.8 Å². The van der Waals surface area contributed by atoms with Gasteiger partial charge in [0, 0.05) is 57.3 Å². The molecule has 0 aliphatic rings. The second-order valence-electron chi connectivity index (χ2n) is 17.7. The zero-order chi connectivity index (χ0) is 42.1. The smallest absolute Gasteiger partial charge is 0.810 e. The van der Waals surface area contributed by atoms with Gasteiger partial charge < -0.3 is 37.9 Å². The molecule has 0 saturated heterocycles. The van der Waals surface area contributed by atoms with Crippen molar-refractivity contribution in [1.82, 2.24) is 0 Å². The van der Waals surface area contributed by atoms with Crippen LogP contribution in [0.4, 0.5) is 0 Å². The van der Waals surface area contributed by atoms with Crippen LogP contribution in [0.3, 0.4) is 0 Å². The first-order valence-corrected chi connectivity index (χ1v) is 22.7. The fraction of sp³-hybridized carbons (Fsp3) is 0.900. The number of nitrogens with zero attached hydrogens (tertiary/aromatic N) is 3. The van der Waals surface area contributed by atoms with Gasteiger partial charge in [0.2, 0.25) is 0 Å². The molecule has 0 saturated carbocycles. The van der Waals surface area contributed by atoms with Crippen LogP contribution in [0.15, 0.2) is 4.66 Å². The summed E-state index contributed by atoms with van der Waals surface area (Å²) in [6, 6.07) is 2.10. The Hall–Kier alpha value is 0.219. The van der Waals surface area contributed by atoms with Gasteiger partial charge in [-0.25, -0.2) is 4.66 Å². The van der Waals surface area contributed by atoms with E-state index in [1.54, 1.807) is 0 Å². The van der Waals surface area contributed by atoms with Gasteiger partial charge in [-0.2, -0.15) is 31.7 Å². The predicted molar refractivity (Wildman–Crippen MR) is 226 cm³/mol. The summed E-state index contributed by atoms with van der Waals surface area (Å²) in [7, 11) is -5.24. The van der Waals surface area contributed by atoms with Crippen LogP contribution in [-0.2, 0) is 26.6 Å². The van der Waals surface area contributed by atoms with Crippen molar-refractivity contribution in [3.63, 3.8) is 0 Å². The van der Waals surface area contributed by atoms with Crippen molar-refractivity contribution in [2.75, 3.05) is 39.6 Å². The first-order valence-electron chi connectivity index (χ1n) is 18.8. The summed E-state index contributed by atoms with van der Waals surface area (Å²) < 4.78 is 38.6. The molecule has 0 fully saturated rings. The van der Waals surface area contributed by atoms with Gasteiger partial charge in [0.25, 0.3) is 0 Å². The maximum Gasteiger partial charge on any atom is 1.00 e. The van der Waals surface area contributed by atoms with E-state index >= 15 is 0 Å². The average molecular weight is 776 g/mol. The first-order chi connectivity index (χ1) is 22.7. The summed E-state index contributed by atoms with van der Waals surface area (Å²) >= 11 is 0. The molecule has 0 heterocycles. The van der Waals surface area contributed by atoms with E-state index in [4.69, 9.17) is 36.5 Å². The van der Waals surface area contributed by atoms with E-state index in [0.29, 0.717) is 45.4 Å². The SMILES string of the molecule is CC(C)(C)C#N.CC(C)(C)C(=[N-])C(C)(C)C.CCO[Si](C)(OCC)OCC.CCO[Si](N=C(C(C)(C)C)C(C)(C)C)(OCC)OCC.C[C-](C)C.[Li+].[Li+]. The van der Waals surface area contributed by atoms with Crippen LogP contribution in [0.2, 0.25) is 6.55 Å². The van der Waals surface area contributed by atoms with Gasteiger partial charge in [0.05, 0.1) is 6.07 Å². The largest absolute Gasteiger partial charge is 1.00 e. The van der Waals surface area contributed by atoms with Crippen molar-refractivity contribution >= 4 is 29.2 Å². The van der Waals surface area contributed by atoms with Crippen LogP contribution in [0.5, 0.6) is 0 Å². The Balaban J connectivity index is -0.000000110. The van der Waals surface area contributed by atoms with E-state index in [1.807, 2.05) is 110 Å². The van der Waals surface area contributed by atoms with Gasteiger partial charge in [0.15, 0.2) is 0 Å². The Labute approximate surface area is 358 Å². The van der Waals surface area contributed by atoms with Crippen LogP contribution in [0.1, 0.15) is 166 Å². The van der Waals surface area contributed by atoms with Gasteiger partial charge in [-0.15, -0.1) is 0 Å². The number of rotatable bonds is 13. The minimum atomic E-state index is -2.99. The van der Waals surface area contributed by atoms with Gasteiger partial charge in [0.1, 0.15) is 0 Å². The monoisotopic (exact) mass is 776 g/mol. The summed E-state index contributed by atoms with van der Waals surface area (Å²) in [5.74, 6) is 1.42. The second-order valence-corrected chi connectivity index (χ2v) is 22.4. The van der Waals surface area contributed by atoms with E-state index in [9.17, 15) is 5.41 Å². The normalized spacial score (nSPS) is 11.9. The van der Waals surface area contributed by atoms with E-state index < -0.39 is 17.8 Å². The third-order valence-corrected chi connectivity index (χ3v) is 10.5. The molecule has 0 spiro atoms. The maximum absolute atomic E-state index is 9.64. The molecule has 0 unspecified atom stereocenters. The molecule has 9 nitrogen and oxygen atoms in total. The quantitative estimate of drug-likeness (QED) is 0.128. The van der Waals surface area contributed by atoms with Gasteiger partial charge in [-0.1, -0.05) is 83.1 Å². The molecule has 13 heteroatoms. The van der Waals surface area contributed by atoms with Crippen molar-refractivity contribution in [3.8, 4) is 6.07 Å². The molecule has 0 amide bonds. The Bertz CT molecular complexity index is 890. The van der Waals surface area contributed by atoms with Gasteiger partial charge in [-0.05, 0) is 84.0 Å². The topological polar surface area (TPSA) is 114 Å². The standard InChI is InChI=1S/C15H33NO3Si.C9H18N.C7H18O3Si.C5H9N.C4H9.2Li/c1-10-17-20(18-11-2,19-12-3)16-13(14(4,5)6)15(7,8)9;1-8(2,3)7(10)9(4,5)6;1-5-8-11(4,9-6-2)10-7-3;1-5(2,3)4-6;1-4(2)3;;/h10-12H2,1-9H3;1-6H3;5-7H2,1-4H3;1-3H3;1-3H3;;/q;-1;;;-1;2*+1. The molecule has 0 aliphatic carbocycles. The van der Waals surface area contributed by atoms with Crippen molar-refractivity contribution in [2.24, 2.45) is 31.7 Å². The van der Waals surface area contributed by atoms with E-state index in [0.717, 1.165) is 5.71 Å². The fourth-order valence-electron chi connectivity index (χ4n) is 4.40. The molecule has 0 rings (SSSR count). The molecule has 0 aromatic carbocycles. The molecule has 308 valence electrons. The Morgan fingerprint density at radius 1 is 0.547 bits per heavy atom. The molecule has 0 atom stereocenters. The summed E-state index contributed by atoms with van der Waals surface area (Å²) in [5, 5.41) is 17.8. The van der Waals surface area contributed by atoms with Crippen molar-refractivity contribution in [3.05, 3.63) is 11.3 Å². The third kappa shape index (κ3) is 41.7. The zero-order valence-electron chi connectivity index (χ0n) is 40.5. The Morgan fingerprint density at radius 3 is 0.868 bits per heavy atom. The maximum atomic E-state index is 9.64. The molecule has 0 aliphatic heterocycles. The van der Waals surface area contributed by atoms with E-state index in [-0.39, 0.29) is 64.8 Å². The number of nitriles is 1. The second kappa shape index (κ2) is 32.2. The van der Waals surface area contributed by atoms with Crippen molar-refractivity contribution < 1.29 is 64.3 Å². The number of hydrogen-bond donors (Lipinski definition) is 0. The third-order valence-electron chi connectivity index (χ3n) is 5.63. The molecular weight excluding hydrogens is 689 g/mol. The van der Waals surface area contributed by atoms with Crippen LogP contribution >= 0.6 is 0 Å². The first kappa shape index (κ1) is 67.9.